The molecule has 3 rings (SSSR count). The maximum absolute atomic E-state index is 12.7. The van der Waals surface area contributed by atoms with Crippen molar-refractivity contribution >= 4 is 16.9 Å². The minimum Gasteiger partial charge on any atom is -0.507 e. The highest BCUT2D eigenvalue weighted by atomic mass is 16.6. The Morgan fingerprint density at radius 2 is 1.96 bits per heavy atom. The third kappa shape index (κ3) is 3.39. The molecule has 134 valence electrons. The maximum atomic E-state index is 12.7. The molecule has 0 radical (unpaired) electrons. The van der Waals surface area contributed by atoms with Crippen LogP contribution in [0.4, 0.5) is 0 Å². The van der Waals surface area contributed by atoms with Gasteiger partial charge in [0.05, 0.1) is 17.6 Å². The second-order valence-corrected chi connectivity index (χ2v) is 5.67. The summed E-state index contributed by atoms with van der Waals surface area (Å²) in [6.45, 7) is 3.57. The fourth-order valence-corrected chi connectivity index (χ4v) is 2.58. The highest BCUT2D eigenvalue weighted by Crippen LogP contribution is 2.28. The summed E-state index contributed by atoms with van der Waals surface area (Å²) in [5.74, 6) is -0.0807. The van der Waals surface area contributed by atoms with Crippen LogP contribution in [0.15, 0.2) is 57.9 Å². The lowest BCUT2D eigenvalue weighted by atomic mass is 10.0. The van der Waals surface area contributed by atoms with Gasteiger partial charge < -0.3 is 19.0 Å². The van der Waals surface area contributed by atoms with E-state index in [1.54, 1.807) is 50.2 Å². The van der Waals surface area contributed by atoms with Gasteiger partial charge in [0, 0.05) is 11.6 Å². The van der Waals surface area contributed by atoms with Gasteiger partial charge in [-0.3, -0.25) is 4.79 Å². The molecule has 0 amide bonds. The molecule has 1 aromatic heterocycles. The number of rotatable bonds is 5. The van der Waals surface area contributed by atoms with E-state index in [9.17, 15) is 14.7 Å². The molecule has 0 spiro atoms. The standard InChI is InChI=1S/C20H18O6/c1-3-24-20(23)12(2)26-13-8-9-15-18(10-13)25-11-16(19(15)22)14-6-4-5-7-17(14)21/h4-12,21H,3H2,1-2H3. The molecule has 0 aliphatic heterocycles. The second-order valence-electron chi connectivity index (χ2n) is 5.67. The van der Waals surface area contributed by atoms with Crippen molar-refractivity contribution in [1.82, 2.24) is 0 Å². The third-order valence-electron chi connectivity index (χ3n) is 3.87. The van der Waals surface area contributed by atoms with E-state index >= 15 is 0 Å². The van der Waals surface area contributed by atoms with Crippen molar-refractivity contribution < 1.29 is 23.8 Å². The highest BCUT2D eigenvalue weighted by Gasteiger charge is 2.17. The minimum atomic E-state index is -0.778. The van der Waals surface area contributed by atoms with Gasteiger partial charge in [0.2, 0.25) is 5.43 Å². The molecule has 0 saturated heterocycles. The number of hydrogen-bond acceptors (Lipinski definition) is 6. The maximum Gasteiger partial charge on any atom is 0.347 e. The first-order valence-corrected chi connectivity index (χ1v) is 8.18. The van der Waals surface area contributed by atoms with Crippen LogP contribution in [0.25, 0.3) is 22.1 Å². The van der Waals surface area contributed by atoms with E-state index in [0.29, 0.717) is 22.3 Å². The van der Waals surface area contributed by atoms with Crippen LogP contribution >= 0.6 is 0 Å². The van der Waals surface area contributed by atoms with Crippen molar-refractivity contribution in [2.24, 2.45) is 0 Å². The third-order valence-corrected chi connectivity index (χ3v) is 3.87. The van der Waals surface area contributed by atoms with Crippen LogP contribution in [0.1, 0.15) is 13.8 Å². The quantitative estimate of drug-likeness (QED) is 0.706. The van der Waals surface area contributed by atoms with Gasteiger partial charge in [-0.05, 0) is 32.0 Å². The summed E-state index contributed by atoms with van der Waals surface area (Å²) in [5.41, 5.74) is 0.726. The Morgan fingerprint density at radius 3 is 2.69 bits per heavy atom. The topological polar surface area (TPSA) is 86.0 Å². The summed E-state index contributed by atoms with van der Waals surface area (Å²) in [6.07, 6.45) is 0.526. The van der Waals surface area contributed by atoms with E-state index in [4.69, 9.17) is 13.9 Å². The summed E-state index contributed by atoms with van der Waals surface area (Å²) in [4.78, 5) is 24.4. The molecule has 6 nitrogen and oxygen atoms in total. The van der Waals surface area contributed by atoms with Gasteiger partial charge in [0.1, 0.15) is 23.3 Å². The van der Waals surface area contributed by atoms with E-state index in [1.165, 1.54) is 12.3 Å². The lowest BCUT2D eigenvalue weighted by Gasteiger charge is -2.13. The number of aromatic hydroxyl groups is 1. The lowest BCUT2D eigenvalue weighted by Crippen LogP contribution is -2.26. The van der Waals surface area contributed by atoms with Gasteiger partial charge >= 0.3 is 5.97 Å². The number of benzene rings is 2. The number of esters is 1. The van der Waals surface area contributed by atoms with E-state index in [2.05, 4.69) is 0 Å². The molecule has 1 unspecified atom stereocenters. The largest absolute Gasteiger partial charge is 0.507 e. The number of para-hydroxylation sites is 1. The Balaban J connectivity index is 1.96. The molecule has 3 aromatic rings. The number of hydrogen-bond donors (Lipinski definition) is 1. The molecule has 26 heavy (non-hydrogen) atoms. The van der Waals surface area contributed by atoms with Crippen molar-refractivity contribution in [2.75, 3.05) is 6.61 Å². The van der Waals surface area contributed by atoms with Crippen LogP contribution in [0, 0.1) is 0 Å². The Hall–Kier alpha value is -3.28. The lowest BCUT2D eigenvalue weighted by molar-refractivity contribution is -0.150. The molecule has 1 N–H and O–H groups in total. The number of carbonyl (C=O) groups excluding carboxylic acids is 1. The Morgan fingerprint density at radius 1 is 1.19 bits per heavy atom. The number of phenolic OH excluding ortho intramolecular Hbond substituents is 1. The van der Waals surface area contributed by atoms with Crippen LogP contribution in [0.3, 0.4) is 0 Å². The summed E-state index contributed by atoms with van der Waals surface area (Å²) in [5, 5.41) is 10.3. The predicted octanol–water partition coefficient (Wildman–Crippen LogP) is 3.50. The summed E-state index contributed by atoms with van der Waals surface area (Å²) >= 11 is 0. The smallest absolute Gasteiger partial charge is 0.347 e. The Kier molecular flexibility index (Phi) is 4.93. The van der Waals surface area contributed by atoms with Gasteiger partial charge in [-0.15, -0.1) is 0 Å². The van der Waals surface area contributed by atoms with Crippen LogP contribution in [-0.2, 0) is 9.53 Å². The Labute approximate surface area is 149 Å². The van der Waals surface area contributed by atoms with Gasteiger partial charge in [-0.2, -0.15) is 0 Å². The first-order valence-electron chi connectivity index (χ1n) is 8.18. The zero-order chi connectivity index (χ0) is 18.7. The fourth-order valence-electron chi connectivity index (χ4n) is 2.58. The molecule has 0 aliphatic rings. The van der Waals surface area contributed by atoms with Crippen molar-refractivity contribution in [3.8, 4) is 22.6 Å². The summed E-state index contributed by atoms with van der Waals surface area (Å²) in [7, 11) is 0. The number of ether oxygens (including phenoxy) is 2. The van der Waals surface area contributed by atoms with E-state index < -0.39 is 12.1 Å². The van der Waals surface area contributed by atoms with E-state index in [1.807, 2.05) is 0 Å². The second kappa shape index (κ2) is 7.31. The predicted molar refractivity (Wildman–Crippen MR) is 96.3 cm³/mol. The normalized spacial score (nSPS) is 11.9. The van der Waals surface area contributed by atoms with Gasteiger partial charge in [0.25, 0.3) is 0 Å². The molecule has 0 bridgehead atoms. The van der Waals surface area contributed by atoms with Crippen LogP contribution in [0.5, 0.6) is 11.5 Å². The highest BCUT2D eigenvalue weighted by molar-refractivity contribution is 5.84. The van der Waals surface area contributed by atoms with Crippen LogP contribution < -0.4 is 10.2 Å². The van der Waals surface area contributed by atoms with Crippen LogP contribution in [-0.4, -0.2) is 23.8 Å². The summed E-state index contributed by atoms with van der Waals surface area (Å²) < 4.78 is 16.0. The first-order chi connectivity index (χ1) is 12.5. The molecular formula is C20H18O6. The molecule has 2 aromatic carbocycles. The van der Waals surface area contributed by atoms with Crippen molar-refractivity contribution in [3.63, 3.8) is 0 Å². The van der Waals surface area contributed by atoms with Crippen molar-refractivity contribution in [3.05, 3.63) is 59.0 Å². The first kappa shape index (κ1) is 17.5. The fraction of sp³-hybridized carbons (Fsp3) is 0.200. The zero-order valence-corrected chi connectivity index (χ0v) is 14.4. The SMILES string of the molecule is CCOC(=O)C(C)Oc1ccc2c(=O)c(-c3ccccc3O)coc2c1. The zero-order valence-electron chi connectivity index (χ0n) is 14.4. The monoisotopic (exact) mass is 354 g/mol. The van der Waals surface area contributed by atoms with Gasteiger partial charge in [0.15, 0.2) is 6.10 Å². The van der Waals surface area contributed by atoms with Crippen LogP contribution in [0.2, 0.25) is 0 Å². The van der Waals surface area contributed by atoms with Gasteiger partial charge in [-0.25, -0.2) is 4.79 Å². The number of fused-ring (bicyclic) bond motifs is 1. The molecule has 1 heterocycles. The summed E-state index contributed by atoms with van der Waals surface area (Å²) in [6, 6.07) is 11.3. The average Bonchev–Trinajstić information content (AvgIpc) is 2.63. The molecule has 6 heteroatoms. The van der Waals surface area contributed by atoms with Crippen molar-refractivity contribution in [2.45, 2.75) is 20.0 Å². The number of phenols is 1. The van der Waals surface area contributed by atoms with E-state index in [-0.39, 0.29) is 23.3 Å². The van der Waals surface area contributed by atoms with E-state index in [0.717, 1.165) is 0 Å². The molecular weight excluding hydrogens is 336 g/mol. The Bertz CT molecular complexity index is 1000. The average molecular weight is 354 g/mol. The molecule has 0 aliphatic carbocycles. The van der Waals surface area contributed by atoms with Crippen molar-refractivity contribution in [1.29, 1.82) is 0 Å². The molecule has 0 fully saturated rings. The molecule has 1 atom stereocenters. The minimum absolute atomic E-state index is 0.00219. The number of carbonyl (C=O) groups is 1. The molecule has 0 saturated carbocycles. The van der Waals surface area contributed by atoms with Gasteiger partial charge in [-0.1, -0.05) is 18.2 Å².